The fourth-order valence-corrected chi connectivity index (χ4v) is 2.77. The van der Waals surface area contributed by atoms with E-state index < -0.39 is 0 Å². The molecule has 1 heterocycles. The molecule has 0 radical (unpaired) electrons. The number of benzene rings is 1. The van der Waals surface area contributed by atoms with Crippen molar-refractivity contribution in [1.29, 1.82) is 0 Å². The number of rotatable bonds is 7. The van der Waals surface area contributed by atoms with Gasteiger partial charge in [-0.15, -0.1) is 0 Å². The molecule has 21 heavy (non-hydrogen) atoms. The zero-order valence-electron chi connectivity index (χ0n) is 13.7. The Morgan fingerprint density at radius 1 is 1.24 bits per heavy atom. The molecule has 1 aromatic carbocycles. The maximum atomic E-state index is 5.78. The van der Waals surface area contributed by atoms with Crippen LogP contribution in [0.2, 0.25) is 0 Å². The van der Waals surface area contributed by atoms with Crippen molar-refractivity contribution < 1.29 is 9.47 Å². The third-order valence-electron chi connectivity index (χ3n) is 4.08. The van der Waals surface area contributed by atoms with Crippen LogP contribution in [0.25, 0.3) is 0 Å². The normalized spacial score (nSPS) is 16.4. The first kappa shape index (κ1) is 16.3. The second kappa shape index (κ2) is 8.40. The summed E-state index contributed by atoms with van der Waals surface area (Å²) in [6.45, 7) is 12.3. The number of morpholine rings is 1. The second-order valence-corrected chi connectivity index (χ2v) is 6.01. The molecular formula is C18H29NO2. The quantitative estimate of drug-likeness (QED) is 0.768. The van der Waals surface area contributed by atoms with Crippen LogP contribution in [0.3, 0.4) is 0 Å². The topological polar surface area (TPSA) is 21.7 Å². The number of hydrogen-bond donors (Lipinski definition) is 0. The van der Waals surface area contributed by atoms with Crippen molar-refractivity contribution >= 4 is 0 Å². The number of hydrogen-bond acceptors (Lipinski definition) is 3. The second-order valence-electron chi connectivity index (χ2n) is 6.01. The summed E-state index contributed by atoms with van der Waals surface area (Å²) in [5.41, 5.74) is 2.76. The minimum atomic E-state index is 0.568. The lowest BCUT2D eigenvalue weighted by atomic mass is 9.98. The number of aryl methyl sites for hydroxylation is 1. The summed E-state index contributed by atoms with van der Waals surface area (Å²) in [7, 11) is 0. The zero-order valence-corrected chi connectivity index (χ0v) is 13.7. The Bertz CT molecular complexity index is 425. The van der Waals surface area contributed by atoms with Crippen LogP contribution in [-0.2, 0) is 11.2 Å². The standard InChI is InChI=1S/C18H29NO2/c1-4-21-18-8-7-16(15(2)3)14-17(18)6-5-9-19-10-12-20-13-11-19/h7-8,14-15H,4-6,9-13H2,1-3H3. The van der Waals surface area contributed by atoms with Crippen LogP contribution in [0.15, 0.2) is 18.2 Å². The lowest BCUT2D eigenvalue weighted by Gasteiger charge is -2.26. The molecule has 1 aliphatic heterocycles. The van der Waals surface area contributed by atoms with Crippen molar-refractivity contribution in [3.05, 3.63) is 29.3 Å². The molecule has 1 aliphatic rings. The van der Waals surface area contributed by atoms with Crippen LogP contribution < -0.4 is 4.74 Å². The van der Waals surface area contributed by atoms with Gasteiger partial charge in [-0.2, -0.15) is 0 Å². The molecule has 118 valence electrons. The summed E-state index contributed by atoms with van der Waals surface area (Å²) < 4.78 is 11.2. The summed E-state index contributed by atoms with van der Waals surface area (Å²) in [4.78, 5) is 2.50. The highest BCUT2D eigenvalue weighted by atomic mass is 16.5. The highest BCUT2D eigenvalue weighted by Crippen LogP contribution is 2.25. The van der Waals surface area contributed by atoms with Crippen molar-refractivity contribution in [1.82, 2.24) is 4.90 Å². The highest BCUT2D eigenvalue weighted by Gasteiger charge is 2.11. The van der Waals surface area contributed by atoms with Crippen molar-refractivity contribution in [2.45, 2.75) is 39.5 Å². The third-order valence-corrected chi connectivity index (χ3v) is 4.08. The predicted octanol–water partition coefficient (Wildman–Crippen LogP) is 3.47. The molecule has 0 spiro atoms. The lowest BCUT2D eigenvalue weighted by molar-refractivity contribution is 0.0374. The minimum absolute atomic E-state index is 0.568. The van der Waals surface area contributed by atoms with Gasteiger partial charge in [0.2, 0.25) is 0 Å². The molecule has 1 aromatic rings. The van der Waals surface area contributed by atoms with Crippen LogP contribution in [-0.4, -0.2) is 44.4 Å². The molecule has 1 saturated heterocycles. The Labute approximate surface area is 129 Å². The predicted molar refractivity (Wildman–Crippen MR) is 87.3 cm³/mol. The van der Waals surface area contributed by atoms with E-state index in [1.807, 2.05) is 6.92 Å². The van der Waals surface area contributed by atoms with Crippen LogP contribution in [0.5, 0.6) is 5.75 Å². The Balaban J connectivity index is 1.93. The molecule has 3 heteroatoms. The maximum Gasteiger partial charge on any atom is 0.122 e. The molecule has 0 N–H and O–H groups in total. The van der Waals surface area contributed by atoms with Crippen LogP contribution in [0.4, 0.5) is 0 Å². The Morgan fingerprint density at radius 2 is 2.00 bits per heavy atom. The number of nitrogens with zero attached hydrogens (tertiary/aromatic N) is 1. The molecule has 0 atom stereocenters. The highest BCUT2D eigenvalue weighted by molar-refractivity contribution is 5.38. The fourth-order valence-electron chi connectivity index (χ4n) is 2.77. The maximum absolute atomic E-state index is 5.78. The van der Waals surface area contributed by atoms with Gasteiger partial charge < -0.3 is 9.47 Å². The van der Waals surface area contributed by atoms with Crippen LogP contribution in [0, 0.1) is 0 Å². The zero-order chi connectivity index (χ0) is 15.1. The average Bonchev–Trinajstić information content (AvgIpc) is 2.50. The summed E-state index contributed by atoms with van der Waals surface area (Å²) in [5, 5.41) is 0. The smallest absolute Gasteiger partial charge is 0.122 e. The molecule has 1 fully saturated rings. The van der Waals surface area contributed by atoms with E-state index in [2.05, 4.69) is 36.9 Å². The van der Waals surface area contributed by atoms with E-state index >= 15 is 0 Å². The van der Waals surface area contributed by atoms with E-state index in [1.165, 1.54) is 17.5 Å². The van der Waals surface area contributed by atoms with Gasteiger partial charge in [-0.05, 0) is 49.4 Å². The Morgan fingerprint density at radius 3 is 2.67 bits per heavy atom. The lowest BCUT2D eigenvalue weighted by Crippen LogP contribution is -2.36. The summed E-state index contributed by atoms with van der Waals surface area (Å²) in [5.74, 6) is 1.63. The van der Waals surface area contributed by atoms with Gasteiger partial charge in [0.25, 0.3) is 0 Å². The van der Waals surface area contributed by atoms with Gasteiger partial charge in [0.1, 0.15) is 5.75 Å². The van der Waals surface area contributed by atoms with E-state index in [1.54, 1.807) is 0 Å². The fraction of sp³-hybridized carbons (Fsp3) is 0.667. The largest absolute Gasteiger partial charge is 0.494 e. The molecular weight excluding hydrogens is 262 g/mol. The monoisotopic (exact) mass is 291 g/mol. The molecule has 2 rings (SSSR count). The van der Waals surface area contributed by atoms with E-state index in [-0.39, 0.29) is 0 Å². The van der Waals surface area contributed by atoms with Gasteiger partial charge in [-0.25, -0.2) is 0 Å². The average molecular weight is 291 g/mol. The first-order chi connectivity index (χ1) is 10.2. The Kier molecular flexibility index (Phi) is 6.52. The number of ether oxygens (including phenoxy) is 2. The van der Waals surface area contributed by atoms with Crippen LogP contribution >= 0.6 is 0 Å². The molecule has 0 saturated carbocycles. The van der Waals surface area contributed by atoms with Crippen LogP contribution in [0.1, 0.15) is 44.2 Å². The SMILES string of the molecule is CCOc1ccc(C(C)C)cc1CCCN1CCOCC1. The van der Waals surface area contributed by atoms with Crippen molar-refractivity contribution in [3.63, 3.8) is 0 Å². The van der Waals surface area contributed by atoms with Gasteiger partial charge in [0.05, 0.1) is 19.8 Å². The van der Waals surface area contributed by atoms with Gasteiger partial charge in [-0.3, -0.25) is 4.90 Å². The van der Waals surface area contributed by atoms with Crippen molar-refractivity contribution in [3.8, 4) is 5.75 Å². The summed E-state index contributed by atoms with van der Waals surface area (Å²) in [6, 6.07) is 6.67. The van der Waals surface area contributed by atoms with E-state index in [9.17, 15) is 0 Å². The van der Waals surface area contributed by atoms with Crippen molar-refractivity contribution in [2.75, 3.05) is 39.5 Å². The molecule has 0 bridgehead atoms. The summed E-state index contributed by atoms with van der Waals surface area (Å²) >= 11 is 0. The van der Waals surface area contributed by atoms with Gasteiger partial charge >= 0.3 is 0 Å². The molecule has 0 aromatic heterocycles. The van der Waals surface area contributed by atoms with Crippen molar-refractivity contribution in [2.24, 2.45) is 0 Å². The van der Waals surface area contributed by atoms with Gasteiger partial charge in [0.15, 0.2) is 0 Å². The van der Waals surface area contributed by atoms with Gasteiger partial charge in [0, 0.05) is 13.1 Å². The molecule has 3 nitrogen and oxygen atoms in total. The molecule has 0 unspecified atom stereocenters. The van der Waals surface area contributed by atoms with E-state index in [0.717, 1.165) is 51.6 Å². The van der Waals surface area contributed by atoms with E-state index in [0.29, 0.717) is 5.92 Å². The summed E-state index contributed by atoms with van der Waals surface area (Å²) in [6.07, 6.45) is 2.27. The van der Waals surface area contributed by atoms with E-state index in [4.69, 9.17) is 9.47 Å². The Hall–Kier alpha value is -1.06. The molecule has 0 aliphatic carbocycles. The third kappa shape index (κ3) is 5.01. The first-order valence-corrected chi connectivity index (χ1v) is 8.26. The minimum Gasteiger partial charge on any atom is -0.494 e. The first-order valence-electron chi connectivity index (χ1n) is 8.26. The van der Waals surface area contributed by atoms with Gasteiger partial charge in [-0.1, -0.05) is 26.0 Å². The molecule has 0 amide bonds.